The molecule has 0 saturated heterocycles. The van der Waals surface area contributed by atoms with E-state index < -0.39 is 10.0 Å². The molecule has 5 heteroatoms. The van der Waals surface area contributed by atoms with Gasteiger partial charge in [0.1, 0.15) is 0 Å². The summed E-state index contributed by atoms with van der Waals surface area (Å²) in [5, 5.41) is 0. The molecule has 4 nitrogen and oxygen atoms in total. The van der Waals surface area contributed by atoms with Gasteiger partial charge in [0.25, 0.3) is 0 Å². The average molecular weight is 282 g/mol. The Kier molecular flexibility index (Phi) is 3.87. The van der Waals surface area contributed by atoms with E-state index in [4.69, 9.17) is 0 Å². The highest BCUT2D eigenvalue weighted by Crippen LogP contribution is 2.32. The van der Waals surface area contributed by atoms with Crippen molar-refractivity contribution in [3.05, 3.63) is 23.8 Å². The van der Waals surface area contributed by atoms with E-state index in [1.807, 2.05) is 12.1 Å². The predicted octanol–water partition coefficient (Wildman–Crippen LogP) is 2.10. The van der Waals surface area contributed by atoms with Crippen LogP contribution < -0.4 is 4.90 Å². The van der Waals surface area contributed by atoms with Crippen LogP contribution in [0.15, 0.2) is 23.1 Å². The lowest BCUT2D eigenvalue weighted by Gasteiger charge is -2.26. The number of hydrogen-bond acceptors (Lipinski definition) is 3. The quantitative estimate of drug-likeness (QED) is 0.849. The first kappa shape index (κ1) is 14.3. The number of rotatable bonds is 4. The van der Waals surface area contributed by atoms with Crippen LogP contribution in [0.5, 0.6) is 0 Å². The Bertz CT molecular complexity index is 567. The van der Waals surface area contributed by atoms with Gasteiger partial charge in [-0.05, 0) is 43.5 Å². The third-order valence-electron chi connectivity index (χ3n) is 3.88. The summed E-state index contributed by atoms with van der Waals surface area (Å²) in [7, 11) is -0.200. The van der Waals surface area contributed by atoms with Crippen LogP contribution in [0.4, 0.5) is 5.69 Å². The van der Waals surface area contributed by atoms with Crippen LogP contribution in [0.1, 0.15) is 25.8 Å². The van der Waals surface area contributed by atoms with Crippen LogP contribution >= 0.6 is 0 Å². The molecule has 0 bridgehead atoms. The van der Waals surface area contributed by atoms with Gasteiger partial charge in [0.05, 0.1) is 4.90 Å². The largest absolute Gasteiger partial charge is 0.368 e. The van der Waals surface area contributed by atoms with Gasteiger partial charge in [-0.3, -0.25) is 0 Å². The Hall–Kier alpha value is -1.07. The van der Waals surface area contributed by atoms with Gasteiger partial charge in [0, 0.05) is 32.4 Å². The molecule has 1 heterocycles. The molecule has 1 aliphatic heterocycles. The molecule has 19 heavy (non-hydrogen) atoms. The molecule has 0 aromatic heterocycles. The second-order valence-electron chi connectivity index (χ2n) is 5.28. The Morgan fingerprint density at radius 1 is 1.37 bits per heavy atom. The molecule has 0 amide bonds. The first-order valence-electron chi connectivity index (χ1n) is 6.70. The second kappa shape index (κ2) is 5.13. The molecule has 106 valence electrons. The average Bonchev–Trinajstić information content (AvgIpc) is 2.80. The lowest BCUT2D eigenvalue weighted by atomic mass is 10.1. The number of hydrogen-bond donors (Lipinski definition) is 0. The smallest absolute Gasteiger partial charge is 0.242 e. The van der Waals surface area contributed by atoms with Crippen LogP contribution in [0.25, 0.3) is 0 Å². The third-order valence-corrected chi connectivity index (χ3v) is 5.69. The molecule has 0 saturated carbocycles. The lowest BCUT2D eigenvalue weighted by Crippen LogP contribution is -2.30. The van der Waals surface area contributed by atoms with Crippen molar-refractivity contribution in [3.63, 3.8) is 0 Å². The van der Waals surface area contributed by atoms with Crippen LogP contribution in [0.2, 0.25) is 0 Å². The van der Waals surface area contributed by atoms with E-state index in [0.29, 0.717) is 10.9 Å². The molecule has 1 aromatic rings. The minimum absolute atomic E-state index is 0.391. The number of nitrogens with zero attached hydrogens (tertiary/aromatic N) is 2. The fourth-order valence-electron chi connectivity index (χ4n) is 2.45. The fourth-order valence-corrected chi connectivity index (χ4v) is 3.41. The summed E-state index contributed by atoms with van der Waals surface area (Å²) < 4.78 is 25.5. The zero-order chi connectivity index (χ0) is 14.2. The minimum Gasteiger partial charge on any atom is -0.368 e. The summed E-state index contributed by atoms with van der Waals surface area (Å²) in [6, 6.07) is 5.99. The maximum absolute atomic E-state index is 12.1. The normalized spacial score (nSPS) is 16.8. The molecule has 1 unspecified atom stereocenters. The summed E-state index contributed by atoms with van der Waals surface area (Å²) in [5.74, 6) is 0. The number of anilines is 1. The van der Waals surface area contributed by atoms with Crippen molar-refractivity contribution >= 4 is 15.7 Å². The maximum Gasteiger partial charge on any atom is 0.242 e. The van der Waals surface area contributed by atoms with Crippen molar-refractivity contribution in [2.45, 2.75) is 37.6 Å². The molecule has 0 N–H and O–H groups in total. The topological polar surface area (TPSA) is 40.6 Å². The highest BCUT2D eigenvalue weighted by Gasteiger charge is 2.25. The Morgan fingerprint density at radius 3 is 2.63 bits per heavy atom. The van der Waals surface area contributed by atoms with E-state index in [1.54, 1.807) is 20.2 Å². The van der Waals surface area contributed by atoms with Gasteiger partial charge in [0.15, 0.2) is 0 Å². The standard InChI is InChI=1S/C14H22N2O2S/c1-5-11(2)16-9-8-12-10-13(6-7-14(12)16)19(17,18)15(3)4/h6-7,10-11H,5,8-9H2,1-4H3. The third kappa shape index (κ3) is 2.49. The molecule has 0 fully saturated rings. The Balaban J connectivity index is 2.38. The molecule has 1 aromatic carbocycles. The lowest BCUT2D eigenvalue weighted by molar-refractivity contribution is 0.520. The molecule has 0 spiro atoms. The molecule has 2 rings (SSSR count). The summed E-state index contributed by atoms with van der Waals surface area (Å²) in [4.78, 5) is 2.75. The molecule has 0 radical (unpaired) electrons. The van der Waals surface area contributed by atoms with E-state index in [-0.39, 0.29) is 0 Å². The van der Waals surface area contributed by atoms with E-state index in [9.17, 15) is 8.42 Å². The summed E-state index contributed by atoms with van der Waals surface area (Å²) >= 11 is 0. The van der Waals surface area contributed by atoms with E-state index >= 15 is 0 Å². The zero-order valence-corrected chi connectivity index (χ0v) is 12.9. The van der Waals surface area contributed by atoms with E-state index in [1.165, 1.54) is 9.99 Å². The Morgan fingerprint density at radius 2 is 2.05 bits per heavy atom. The minimum atomic E-state index is -3.33. The van der Waals surface area contributed by atoms with Crippen LogP contribution in [0.3, 0.4) is 0 Å². The highest BCUT2D eigenvalue weighted by molar-refractivity contribution is 7.89. The molecule has 0 aliphatic carbocycles. The van der Waals surface area contributed by atoms with Gasteiger partial charge in [-0.1, -0.05) is 6.92 Å². The monoisotopic (exact) mass is 282 g/mol. The predicted molar refractivity (Wildman–Crippen MR) is 78.1 cm³/mol. The van der Waals surface area contributed by atoms with Crippen molar-refractivity contribution in [1.82, 2.24) is 4.31 Å². The van der Waals surface area contributed by atoms with Crippen molar-refractivity contribution in [2.24, 2.45) is 0 Å². The van der Waals surface area contributed by atoms with Crippen molar-refractivity contribution in [3.8, 4) is 0 Å². The van der Waals surface area contributed by atoms with Gasteiger partial charge < -0.3 is 4.90 Å². The van der Waals surface area contributed by atoms with Crippen molar-refractivity contribution in [2.75, 3.05) is 25.5 Å². The molecule has 1 aliphatic rings. The number of sulfonamides is 1. The first-order chi connectivity index (χ1) is 8.87. The maximum atomic E-state index is 12.1. The fraction of sp³-hybridized carbons (Fsp3) is 0.571. The number of benzene rings is 1. The van der Waals surface area contributed by atoms with Crippen molar-refractivity contribution in [1.29, 1.82) is 0 Å². The molecular weight excluding hydrogens is 260 g/mol. The van der Waals surface area contributed by atoms with E-state index in [2.05, 4.69) is 18.7 Å². The summed E-state index contributed by atoms with van der Waals surface area (Å²) in [6.07, 6.45) is 2.02. The Labute approximate surface area is 116 Å². The first-order valence-corrected chi connectivity index (χ1v) is 8.14. The zero-order valence-electron chi connectivity index (χ0n) is 12.0. The highest BCUT2D eigenvalue weighted by atomic mass is 32.2. The summed E-state index contributed by atoms with van der Waals surface area (Å²) in [6.45, 7) is 5.36. The summed E-state index contributed by atoms with van der Waals surface area (Å²) in [5.41, 5.74) is 2.33. The van der Waals surface area contributed by atoms with Gasteiger partial charge in [0.2, 0.25) is 10.0 Å². The van der Waals surface area contributed by atoms with E-state index in [0.717, 1.165) is 24.9 Å². The van der Waals surface area contributed by atoms with Crippen LogP contribution in [-0.4, -0.2) is 39.4 Å². The molecular formula is C14H22N2O2S. The van der Waals surface area contributed by atoms with Crippen molar-refractivity contribution < 1.29 is 8.42 Å². The second-order valence-corrected chi connectivity index (χ2v) is 7.43. The number of fused-ring (bicyclic) bond motifs is 1. The van der Waals surface area contributed by atoms with Gasteiger partial charge in [-0.15, -0.1) is 0 Å². The SMILES string of the molecule is CCC(C)N1CCc2cc(S(=O)(=O)N(C)C)ccc21. The van der Waals surface area contributed by atoms with Crippen LogP contribution in [-0.2, 0) is 16.4 Å². The van der Waals surface area contributed by atoms with Crippen LogP contribution in [0, 0.1) is 0 Å². The van der Waals surface area contributed by atoms with Gasteiger partial charge >= 0.3 is 0 Å². The van der Waals surface area contributed by atoms with Gasteiger partial charge in [-0.25, -0.2) is 12.7 Å². The molecule has 1 atom stereocenters. The van der Waals surface area contributed by atoms with Gasteiger partial charge in [-0.2, -0.15) is 0 Å².